The van der Waals surface area contributed by atoms with E-state index in [-0.39, 0.29) is 17.5 Å². The molecule has 1 heterocycles. The van der Waals surface area contributed by atoms with Crippen LogP contribution in [0.1, 0.15) is 33.1 Å². The smallest absolute Gasteiger partial charge is 0.295 e. The summed E-state index contributed by atoms with van der Waals surface area (Å²) in [5, 5.41) is 7.14. The van der Waals surface area contributed by atoms with Crippen LogP contribution in [0.2, 0.25) is 0 Å². The molecule has 0 radical (unpaired) electrons. The Bertz CT molecular complexity index is 922. The highest BCUT2D eigenvalue weighted by molar-refractivity contribution is 6.02. The Morgan fingerprint density at radius 3 is 2.24 bits per heavy atom. The number of nitrogens with zero attached hydrogens (tertiary/aromatic N) is 3. The van der Waals surface area contributed by atoms with E-state index >= 15 is 0 Å². The van der Waals surface area contributed by atoms with Crippen LogP contribution in [0.3, 0.4) is 0 Å². The first-order valence-electron chi connectivity index (χ1n) is 7.94. The molecular formula is C19H19FN4O. The normalized spacial score (nSPS) is 10.8. The number of aromatic nitrogens is 3. The fourth-order valence-corrected chi connectivity index (χ4v) is 2.86. The Hall–Kier alpha value is -3.02. The molecule has 3 aromatic rings. The second kappa shape index (κ2) is 6.47. The van der Waals surface area contributed by atoms with Gasteiger partial charge >= 0.3 is 0 Å². The van der Waals surface area contributed by atoms with Gasteiger partial charge in [-0.15, -0.1) is 5.10 Å². The summed E-state index contributed by atoms with van der Waals surface area (Å²) in [7, 11) is 0. The minimum Gasteiger partial charge on any atom is -0.319 e. The van der Waals surface area contributed by atoms with Crippen molar-refractivity contribution in [3.63, 3.8) is 0 Å². The van der Waals surface area contributed by atoms with Gasteiger partial charge in [-0.1, -0.05) is 17.7 Å². The molecule has 0 bridgehead atoms. The number of rotatable bonds is 3. The average molecular weight is 338 g/mol. The second-order valence-corrected chi connectivity index (χ2v) is 6.10. The first-order chi connectivity index (χ1) is 11.8. The Labute approximate surface area is 145 Å². The molecule has 1 aromatic heterocycles. The van der Waals surface area contributed by atoms with Crippen LogP contribution in [-0.2, 0) is 0 Å². The van der Waals surface area contributed by atoms with Gasteiger partial charge in [-0.3, -0.25) is 4.79 Å². The number of carbonyl (C=O) groups excluding carboxylic acids is 1. The van der Waals surface area contributed by atoms with Gasteiger partial charge in [0.15, 0.2) is 0 Å². The Morgan fingerprint density at radius 1 is 1.04 bits per heavy atom. The SMILES string of the molecule is Cc1cc(C)c(NC(=O)c2nc(C)n(-c3ccc(F)cc3)n2)c(C)c1. The minimum atomic E-state index is -0.376. The van der Waals surface area contributed by atoms with Crippen molar-refractivity contribution in [2.45, 2.75) is 27.7 Å². The van der Waals surface area contributed by atoms with Gasteiger partial charge in [-0.25, -0.2) is 14.1 Å². The average Bonchev–Trinajstić information content (AvgIpc) is 2.93. The summed E-state index contributed by atoms with van der Waals surface area (Å²) < 4.78 is 14.6. The van der Waals surface area contributed by atoms with Crippen LogP contribution in [0.5, 0.6) is 0 Å². The Kier molecular flexibility index (Phi) is 4.35. The van der Waals surface area contributed by atoms with Crippen LogP contribution >= 0.6 is 0 Å². The summed E-state index contributed by atoms with van der Waals surface area (Å²) in [5.41, 5.74) is 4.53. The van der Waals surface area contributed by atoms with E-state index in [0.717, 1.165) is 22.4 Å². The summed E-state index contributed by atoms with van der Waals surface area (Å²) in [6.45, 7) is 7.66. The molecule has 6 heteroatoms. The third-order valence-corrected chi connectivity index (χ3v) is 3.96. The number of nitrogens with one attached hydrogen (secondary N) is 1. The fourth-order valence-electron chi connectivity index (χ4n) is 2.86. The lowest BCUT2D eigenvalue weighted by atomic mass is 10.1. The molecule has 0 spiro atoms. The lowest BCUT2D eigenvalue weighted by molar-refractivity contribution is 0.101. The summed E-state index contributed by atoms with van der Waals surface area (Å²) >= 11 is 0. The highest BCUT2D eigenvalue weighted by Crippen LogP contribution is 2.22. The van der Waals surface area contributed by atoms with E-state index < -0.39 is 0 Å². The molecule has 0 saturated heterocycles. The predicted molar refractivity (Wildman–Crippen MR) is 94.7 cm³/mol. The summed E-state index contributed by atoms with van der Waals surface area (Å²) in [6.07, 6.45) is 0. The van der Waals surface area contributed by atoms with Crippen LogP contribution in [0, 0.1) is 33.5 Å². The van der Waals surface area contributed by atoms with Gasteiger partial charge in [0.05, 0.1) is 5.69 Å². The van der Waals surface area contributed by atoms with Crippen LogP contribution in [0.15, 0.2) is 36.4 Å². The standard InChI is InChI=1S/C19H19FN4O/c1-11-9-12(2)17(13(3)10-11)22-19(25)18-21-14(4)24(23-18)16-7-5-15(20)6-8-16/h5-10H,1-4H3,(H,22,25). The number of amides is 1. The van der Waals surface area contributed by atoms with Crippen molar-refractivity contribution >= 4 is 11.6 Å². The topological polar surface area (TPSA) is 59.8 Å². The van der Waals surface area contributed by atoms with Crippen molar-refractivity contribution in [1.29, 1.82) is 0 Å². The van der Waals surface area contributed by atoms with E-state index in [4.69, 9.17) is 0 Å². The molecule has 0 aliphatic heterocycles. The maximum absolute atomic E-state index is 13.1. The minimum absolute atomic E-state index is 0.0706. The van der Waals surface area contributed by atoms with Crippen LogP contribution in [0.25, 0.3) is 5.69 Å². The maximum atomic E-state index is 13.1. The molecule has 0 unspecified atom stereocenters. The number of hydrogen-bond acceptors (Lipinski definition) is 3. The molecule has 0 aliphatic rings. The Morgan fingerprint density at radius 2 is 1.64 bits per heavy atom. The number of halogens is 1. The van der Waals surface area contributed by atoms with Crippen molar-refractivity contribution in [2.75, 3.05) is 5.32 Å². The molecule has 2 aromatic carbocycles. The molecule has 5 nitrogen and oxygen atoms in total. The van der Waals surface area contributed by atoms with Crippen molar-refractivity contribution < 1.29 is 9.18 Å². The van der Waals surface area contributed by atoms with Gasteiger partial charge in [0.1, 0.15) is 11.6 Å². The second-order valence-electron chi connectivity index (χ2n) is 6.10. The van der Waals surface area contributed by atoms with E-state index in [1.165, 1.54) is 16.8 Å². The molecule has 25 heavy (non-hydrogen) atoms. The fraction of sp³-hybridized carbons (Fsp3) is 0.211. The highest BCUT2D eigenvalue weighted by Gasteiger charge is 2.17. The van der Waals surface area contributed by atoms with E-state index in [0.29, 0.717) is 11.5 Å². The molecule has 3 rings (SSSR count). The molecular weight excluding hydrogens is 319 g/mol. The number of carbonyl (C=O) groups is 1. The van der Waals surface area contributed by atoms with Gasteiger partial charge in [0, 0.05) is 5.69 Å². The third-order valence-electron chi connectivity index (χ3n) is 3.96. The zero-order valence-electron chi connectivity index (χ0n) is 14.6. The number of anilines is 1. The summed E-state index contributed by atoms with van der Waals surface area (Å²) in [4.78, 5) is 16.8. The molecule has 1 amide bonds. The van der Waals surface area contributed by atoms with E-state index in [2.05, 4.69) is 15.4 Å². The zero-order valence-corrected chi connectivity index (χ0v) is 14.6. The maximum Gasteiger partial charge on any atom is 0.295 e. The highest BCUT2D eigenvalue weighted by atomic mass is 19.1. The first-order valence-corrected chi connectivity index (χ1v) is 7.94. The van der Waals surface area contributed by atoms with Gasteiger partial charge in [-0.05, 0) is 63.1 Å². The van der Waals surface area contributed by atoms with Crippen LogP contribution in [-0.4, -0.2) is 20.7 Å². The van der Waals surface area contributed by atoms with E-state index in [9.17, 15) is 9.18 Å². The van der Waals surface area contributed by atoms with Gasteiger partial charge in [0.2, 0.25) is 5.82 Å². The van der Waals surface area contributed by atoms with E-state index in [1.54, 1.807) is 19.1 Å². The number of benzene rings is 2. The largest absolute Gasteiger partial charge is 0.319 e. The van der Waals surface area contributed by atoms with Crippen LogP contribution in [0.4, 0.5) is 10.1 Å². The molecule has 1 N–H and O–H groups in total. The Balaban J connectivity index is 1.89. The molecule has 0 fully saturated rings. The number of aryl methyl sites for hydroxylation is 4. The van der Waals surface area contributed by atoms with Gasteiger partial charge in [0.25, 0.3) is 5.91 Å². The summed E-state index contributed by atoms with van der Waals surface area (Å²) in [6, 6.07) is 9.89. The zero-order chi connectivity index (χ0) is 18.1. The number of hydrogen-bond donors (Lipinski definition) is 1. The monoisotopic (exact) mass is 338 g/mol. The predicted octanol–water partition coefficient (Wildman–Crippen LogP) is 3.89. The quantitative estimate of drug-likeness (QED) is 0.788. The lowest BCUT2D eigenvalue weighted by Gasteiger charge is -2.11. The van der Waals surface area contributed by atoms with Crippen LogP contribution < -0.4 is 5.32 Å². The van der Waals surface area contributed by atoms with E-state index in [1.807, 2.05) is 32.9 Å². The van der Waals surface area contributed by atoms with Crippen molar-refractivity contribution in [1.82, 2.24) is 14.8 Å². The molecule has 0 saturated carbocycles. The lowest BCUT2D eigenvalue weighted by Crippen LogP contribution is -2.16. The van der Waals surface area contributed by atoms with Crippen molar-refractivity contribution in [3.8, 4) is 5.69 Å². The van der Waals surface area contributed by atoms with Crippen molar-refractivity contribution in [2.24, 2.45) is 0 Å². The summed E-state index contributed by atoms with van der Waals surface area (Å²) in [5.74, 6) is -0.0841. The van der Waals surface area contributed by atoms with Gasteiger partial charge < -0.3 is 5.32 Å². The molecule has 128 valence electrons. The molecule has 0 aliphatic carbocycles. The van der Waals surface area contributed by atoms with Gasteiger partial charge in [-0.2, -0.15) is 0 Å². The molecule has 0 atom stereocenters. The van der Waals surface area contributed by atoms with Crippen molar-refractivity contribution in [3.05, 3.63) is 70.6 Å². The third kappa shape index (κ3) is 3.42. The first kappa shape index (κ1) is 16.8.